The van der Waals surface area contributed by atoms with Crippen LogP contribution >= 0.6 is 0 Å². The van der Waals surface area contributed by atoms with E-state index in [2.05, 4.69) is 0 Å². The van der Waals surface area contributed by atoms with Gasteiger partial charge in [-0.05, 0) is 49.2 Å². The number of rotatable bonds is 10. The number of benzene rings is 2. The number of hydrogen-bond acceptors (Lipinski definition) is 6. The Kier molecular flexibility index (Phi) is 6.95. The number of carboxylic acid groups (broad SMARTS) is 1. The minimum Gasteiger partial charge on any atom is -0.507 e. The van der Waals surface area contributed by atoms with Gasteiger partial charge < -0.3 is 19.7 Å². The van der Waals surface area contributed by atoms with Gasteiger partial charge in [-0.3, -0.25) is 14.4 Å². The normalized spacial score (nSPS) is 14.6. The minimum absolute atomic E-state index is 0.0352. The van der Waals surface area contributed by atoms with E-state index in [-0.39, 0.29) is 48.4 Å². The first-order valence-electron chi connectivity index (χ1n) is 10.3. The first-order valence-corrected chi connectivity index (χ1v) is 10.3. The number of hydrogen-bond donors (Lipinski definition) is 2. The number of ether oxygens (including phenoxy) is 2. The summed E-state index contributed by atoms with van der Waals surface area (Å²) in [5.74, 6) is -0.257. The molecule has 1 aliphatic heterocycles. The van der Waals surface area contributed by atoms with Crippen molar-refractivity contribution in [3.8, 4) is 17.2 Å². The molecular weight excluding hydrogens is 400 g/mol. The van der Waals surface area contributed by atoms with Gasteiger partial charge in [-0.15, -0.1) is 0 Å². The fourth-order valence-corrected chi connectivity index (χ4v) is 3.66. The van der Waals surface area contributed by atoms with Crippen LogP contribution in [-0.2, 0) is 17.6 Å². The van der Waals surface area contributed by atoms with E-state index in [0.29, 0.717) is 35.5 Å². The summed E-state index contributed by atoms with van der Waals surface area (Å²) in [5.41, 5.74) is 2.23. The highest BCUT2D eigenvalue weighted by molar-refractivity contribution is 5.98. The lowest BCUT2D eigenvalue weighted by Gasteiger charge is -2.17. The van der Waals surface area contributed by atoms with Crippen LogP contribution in [0.15, 0.2) is 30.3 Å². The summed E-state index contributed by atoms with van der Waals surface area (Å²) in [6.45, 7) is 3.64. The zero-order chi connectivity index (χ0) is 22.5. The molecule has 31 heavy (non-hydrogen) atoms. The number of phenolic OH excluding ortho intramolecular Hbond substituents is 1. The molecule has 0 amide bonds. The maximum absolute atomic E-state index is 12.2. The average molecular weight is 426 g/mol. The molecule has 0 radical (unpaired) electrons. The Morgan fingerprint density at radius 1 is 1.16 bits per heavy atom. The van der Waals surface area contributed by atoms with Crippen LogP contribution in [0.25, 0.3) is 0 Å². The van der Waals surface area contributed by atoms with Gasteiger partial charge in [0.2, 0.25) is 0 Å². The zero-order valence-electron chi connectivity index (χ0n) is 17.6. The van der Waals surface area contributed by atoms with Crippen molar-refractivity contribution in [2.45, 2.75) is 52.1 Å². The number of carbonyl (C=O) groups is 3. The largest absolute Gasteiger partial charge is 0.507 e. The Morgan fingerprint density at radius 3 is 2.61 bits per heavy atom. The Bertz CT molecular complexity index is 1010. The zero-order valence-corrected chi connectivity index (χ0v) is 17.6. The molecule has 2 N–H and O–H groups in total. The number of fused-ring (bicyclic) bond motifs is 1. The molecule has 2 aromatic carbocycles. The monoisotopic (exact) mass is 426 g/mol. The lowest BCUT2D eigenvalue weighted by Crippen LogP contribution is -2.22. The number of Topliss-reactive ketones (excluding diaryl/α,β-unsaturated/α-hetero) is 2. The highest BCUT2D eigenvalue weighted by atomic mass is 16.5. The van der Waals surface area contributed by atoms with E-state index >= 15 is 0 Å². The standard InChI is InChI=1S/C24H26O7/c1-3-4-19-22(9-6-18(14(2)25)24(19)29)30-13-17-12-16-11-15(5-8-21(16)31-17)20(26)7-10-23(27)28/h5-6,8-9,11,17,29H,3-4,7,10,12-13H2,1-2H3,(H,27,28). The summed E-state index contributed by atoms with van der Waals surface area (Å²) >= 11 is 0. The Morgan fingerprint density at radius 2 is 1.94 bits per heavy atom. The van der Waals surface area contributed by atoms with Crippen LogP contribution < -0.4 is 9.47 Å². The first-order chi connectivity index (χ1) is 14.8. The van der Waals surface area contributed by atoms with Gasteiger partial charge in [0.25, 0.3) is 0 Å². The van der Waals surface area contributed by atoms with Gasteiger partial charge in [0.1, 0.15) is 30.0 Å². The molecule has 1 atom stereocenters. The number of aliphatic carboxylic acids is 1. The molecule has 0 saturated carbocycles. The van der Waals surface area contributed by atoms with Crippen molar-refractivity contribution in [2.24, 2.45) is 0 Å². The molecule has 0 spiro atoms. The van der Waals surface area contributed by atoms with Crippen molar-refractivity contribution in [3.63, 3.8) is 0 Å². The van der Waals surface area contributed by atoms with E-state index in [1.165, 1.54) is 6.92 Å². The van der Waals surface area contributed by atoms with Crippen molar-refractivity contribution in [1.29, 1.82) is 0 Å². The summed E-state index contributed by atoms with van der Waals surface area (Å²) < 4.78 is 11.8. The number of aromatic hydroxyl groups is 1. The van der Waals surface area contributed by atoms with Crippen molar-refractivity contribution in [2.75, 3.05) is 6.61 Å². The molecule has 0 aliphatic carbocycles. The van der Waals surface area contributed by atoms with Crippen LogP contribution in [-0.4, -0.2) is 40.5 Å². The van der Waals surface area contributed by atoms with Crippen molar-refractivity contribution in [3.05, 3.63) is 52.6 Å². The quantitative estimate of drug-likeness (QED) is 0.553. The van der Waals surface area contributed by atoms with E-state index in [9.17, 15) is 19.5 Å². The highest BCUT2D eigenvalue weighted by Crippen LogP contribution is 2.34. The molecule has 7 nitrogen and oxygen atoms in total. The molecule has 1 heterocycles. The first kappa shape index (κ1) is 22.3. The molecule has 2 aromatic rings. The second-order valence-electron chi connectivity index (χ2n) is 7.64. The number of carboxylic acids is 1. The predicted octanol–water partition coefficient (Wildman–Crippen LogP) is 3.98. The second-order valence-corrected chi connectivity index (χ2v) is 7.64. The van der Waals surface area contributed by atoms with Gasteiger partial charge in [-0.2, -0.15) is 0 Å². The van der Waals surface area contributed by atoms with E-state index < -0.39 is 5.97 Å². The van der Waals surface area contributed by atoms with Gasteiger partial charge in [-0.1, -0.05) is 13.3 Å². The molecule has 3 rings (SSSR count). The third kappa shape index (κ3) is 5.23. The average Bonchev–Trinajstić information content (AvgIpc) is 3.14. The maximum Gasteiger partial charge on any atom is 0.303 e. The summed E-state index contributed by atoms with van der Waals surface area (Å²) in [4.78, 5) is 34.5. The van der Waals surface area contributed by atoms with Crippen molar-refractivity contribution >= 4 is 17.5 Å². The molecular formula is C24H26O7. The molecule has 0 aromatic heterocycles. The van der Waals surface area contributed by atoms with Crippen molar-refractivity contribution in [1.82, 2.24) is 0 Å². The van der Waals surface area contributed by atoms with Crippen LogP contribution in [0.5, 0.6) is 17.2 Å². The molecule has 1 unspecified atom stereocenters. The highest BCUT2D eigenvalue weighted by Gasteiger charge is 2.25. The molecule has 7 heteroatoms. The van der Waals surface area contributed by atoms with Crippen LogP contribution in [0.3, 0.4) is 0 Å². The van der Waals surface area contributed by atoms with Crippen LogP contribution in [0.2, 0.25) is 0 Å². The summed E-state index contributed by atoms with van der Waals surface area (Å²) in [7, 11) is 0. The third-order valence-corrected chi connectivity index (χ3v) is 5.23. The SMILES string of the molecule is CCCc1c(OCC2Cc3cc(C(=O)CCC(=O)O)ccc3O2)ccc(C(C)=O)c1O. The molecule has 1 aliphatic rings. The predicted molar refractivity (Wildman–Crippen MR) is 113 cm³/mol. The fourth-order valence-electron chi connectivity index (χ4n) is 3.66. The van der Waals surface area contributed by atoms with Crippen molar-refractivity contribution < 1.29 is 34.1 Å². The van der Waals surface area contributed by atoms with E-state index in [1.54, 1.807) is 30.3 Å². The number of ketones is 2. The van der Waals surface area contributed by atoms with E-state index in [0.717, 1.165) is 12.0 Å². The van der Waals surface area contributed by atoms with Gasteiger partial charge in [-0.25, -0.2) is 0 Å². The third-order valence-electron chi connectivity index (χ3n) is 5.23. The summed E-state index contributed by atoms with van der Waals surface area (Å²) in [6, 6.07) is 8.37. The van der Waals surface area contributed by atoms with Crippen LogP contribution in [0.1, 0.15) is 65.0 Å². The Hall–Kier alpha value is -3.35. The molecule has 0 fully saturated rings. The smallest absolute Gasteiger partial charge is 0.303 e. The Balaban J connectivity index is 1.67. The van der Waals surface area contributed by atoms with Crippen LogP contribution in [0, 0.1) is 0 Å². The number of carbonyl (C=O) groups excluding carboxylic acids is 2. The molecule has 0 saturated heterocycles. The lowest BCUT2D eigenvalue weighted by atomic mass is 10.0. The van der Waals surface area contributed by atoms with Crippen LogP contribution in [0.4, 0.5) is 0 Å². The second kappa shape index (κ2) is 9.64. The fraction of sp³-hybridized carbons (Fsp3) is 0.375. The van der Waals surface area contributed by atoms with Gasteiger partial charge in [0.15, 0.2) is 11.6 Å². The molecule has 164 valence electrons. The minimum atomic E-state index is -1.00. The summed E-state index contributed by atoms with van der Waals surface area (Å²) in [5, 5.41) is 19.2. The Labute approximate surface area is 180 Å². The topological polar surface area (TPSA) is 110 Å². The maximum atomic E-state index is 12.2. The number of phenols is 1. The van der Waals surface area contributed by atoms with Gasteiger partial charge in [0, 0.05) is 24.0 Å². The lowest BCUT2D eigenvalue weighted by molar-refractivity contribution is -0.136. The van der Waals surface area contributed by atoms with E-state index in [1.807, 2.05) is 6.92 Å². The van der Waals surface area contributed by atoms with E-state index in [4.69, 9.17) is 14.6 Å². The van der Waals surface area contributed by atoms with Gasteiger partial charge in [0.05, 0.1) is 12.0 Å². The molecule has 0 bridgehead atoms. The summed E-state index contributed by atoms with van der Waals surface area (Å²) in [6.07, 6.45) is 1.42. The van der Waals surface area contributed by atoms with Gasteiger partial charge >= 0.3 is 5.97 Å².